The molecule has 0 atom stereocenters. The lowest BCUT2D eigenvalue weighted by atomic mass is 9.86. The molecular weight excluding hydrogens is 428 g/mol. The SMILES string of the molecule is Cc1cc(CNC[C@H]2CC[C@@H](Nc3nc(N(C)C)c4ccccc4n3)CC2)cc(C)c1[N+](=O)[O-]. The van der Waals surface area contributed by atoms with Gasteiger partial charge < -0.3 is 15.5 Å². The smallest absolute Gasteiger partial charge is 0.275 e. The van der Waals surface area contributed by atoms with E-state index in [1.807, 2.05) is 63.2 Å². The minimum absolute atomic E-state index is 0.225. The van der Waals surface area contributed by atoms with E-state index in [0.29, 0.717) is 17.9 Å². The molecule has 1 aromatic heterocycles. The Morgan fingerprint density at radius 1 is 1.06 bits per heavy atom. The Morgan fingerprint density at radius 3 is 2.38 bits per heavy atom. The van der Waals surface area contributed by atoms with Crippen LogP contribution in [0.15, 0.2) is 36.4 Å². The van der Waals surface area contributed by atoms with Crippen LogP contribution in [0.5, 0.6) is 0 Å². The highest BCUT2D eigenvalue weighted by Gasteiger charge is 2.22. The number of nitrogens with zero attached hydrogens (tertiary/aromatic N) is 4. The van der Waals surface area contributed by atoms with Gasteiger partial charge in [0.15, 0.2) is 0 Å². The molecule has 0 aliphatic heterocycles. The lowest BCUT2D eigenvalue weighted by Crippen LogP contribution is -2.31. The molecule has 180 valence electrons. The van der Waals surface area contributed by atoms with Crippen LogP contribution in [0.25, 0.3) is 10.9 Å². The zero-order valence-corrected chi connectivity index (χ0v) is 20.5. The Hall–Kier alpha value is -3.26. The van der Waals surface area contributed by atoms with Crippen molar-refractivity contribution in [1.82, 2.24) is 15.3 Å². The molecule has 4 rings (SSSR count). The summed E-state index contributed by atoms with van der Waals surface area (Å²) in [5, 5.41) is 19.4. The fraction of sp³-hybridized carbons (Fsp3) is 0.462. The van der Waals surface area contributed by atoms with Gasteiger partial charge in [-0.15, -0.1) is 0 Å². The second kappa shape index (κ2) is 10.3. The maximum Gasteiger partial charge on any atom is 0.275 e. The standard InChI is InChI=1S/C26H34N6O2/c1-17-13-20(14-18(2)24(17)32(33)34)16-27-15-19-9-11-21(12-10-19)28-26-29-23-8-6-5-7-22(23)25(30-26)31(3)4/h5-8,13-14,19,21,27H,9-12,15-16H2,1-4H3,(H,28,29,30)/t19-,21+. The van der Waals surface area contributed by atoms with Gasteiger partial charge in [0.1, 0.15) is 5.82 Å². The third-order valence-corrected chi connectivity index (χ3v) is 6.68. The maximum atomic E-state index is 11.2. The van der Waals surface area contributed by atoms with Gasteiger partial charge in [0.25, 0.3) is 5.69 Å². The molecular formula is C26H34N6O2. The number of fused-ring (bicyclic) bond motifs is 1. The van der Waals surface area contributed by atoms with Crippen LogP contribution in [0.3, 0.4) is 0 Å². The minimum atomic E-state index is -0.293. The number of hydrogen-bond acceptors (Lipinski definition) is 7. The Labute approximate surface area is 200 Å². The van der Waals surface area contributed by atoms with Crippen LogP contribution in [0.1, 0.15) is 42.4 Å². The minimum Gasteiger partial charge on any atom is -0.362 e. The molecule has 0 unspecified atom stereocenters. The summed E-state index contributed by atoms with van der Waals surface area (Å²) >= 11 is 0. The normalized spacial score (nSPS) is 18.1. The molecule has 1 heterocycles. The molecule has 8 nitrogen and oxygen atoms in total. The van der Waals surface area contributed by atoms with Crippen molar-refractivity contribution >= 4 is 28.4 Å². The predicted octanol–water partition coefficient (Wildman–Crippen LogP) is 4.98. The summed E-state index contributed by atoms with van der Waals surface area (Å²) in [6.45, 7) is 5.31. The Morgan fingerprint density at radius 2 is 1.74 bits per heavy atom. The highest BCUT2D eigenvalue weighted by atomic mass is 16.6. The summed E-state index contributed by atoms with van der Waals surface area (Å²) in [4.78, 5) is 22.5. The first-order chi connectivity index (χ1) is 16.3. The summed E-state index contributed by atoms with van der Waals surface area (Å²) in [5.74, 6) is 2.27. The van der Waals surface area contributed by atoms with E-state index in [1.165, 1.54) is 0 Å². The monoisotopic (exact) mass is 462 g/mol. The molecule has 0 bridgehead atoms. The van der Waals surface area contributed by atoms with Gasteiger partial charge in [0.05, 0.1) is 10.4 Å². The van der Waals surface area contributed by atoms with E-state index in [4.69, 9.17) is 9.97 Å². The summed E-state index contributed by atoms with van der Waals surface area (Å²) in [7, 11) is 4.02. The molecule has 3 aromatic rings. The lowest BCUT2D eigenvalue weighted by Gasteiger charge is -2.29. The van der Waals surface area contributed by atoms with Crippen LogP contribution < -0.4 is 15.5 Å². The number of aryl methyl sites for hydroxylation is 2. The molecule has 8 heteroatoms. The van der Waals surface area contributed by atoms with Crippen molar-refractivity contribution in [1.29, 1.82) is 0 Å². The van der Waals surface area contributed by atoms with Crippen molar-refractivity contribution in [3.05, 3.63) is 63.2 Å². The van der Waals surface area contributed by atoms with Gasteiger partial charge in [0, 0.05) is 43.2 Å². The number of aromatic nitrogens is 2. The molecule has 0 radical (unpaired) electrons. The average molecular weight is 463 g/mol. The van der Waals surface area contributed by atoms with E-state index in [-0.39, 0.29) is 10.6 Å². The third-order valence-electron chi connectivity index (χ3n) is 6.68. The number of hydrogen-bond donors (Lipinski definition) is 2. The van der Waals surface area contributed by atoms with Crippen molar-refractivity contribution in [3.63, 3.8) is 0 Å². The van der Waals surface area contributed by atoms with Gasteiger partial charge in [-0.2, -0.15) is 4.98 Å². The fourth-order valence-electron chi connectivity index (χ4n) is 5.02. The number of anilines is 2. The molecule has 1 aliphatic rings. The summed E-state index contributed by atoms with van der Waals surface area (Å²) in [6, 6.07) is 12.3. The van der Waals surface area contributed by atoms with Crippen LogP contribution in [0, 0.1) is 29.9 Å². The van der Waals surface area contributed by atoms with E-state index in [1.54, 1.807) is 0 Å². The number of nitro benzene ring substituents is 1. The van der Waals surface area contributed by atoms with Gasteiger partial charge in [-0.05, 0) is 81.8 Å². The van der Waals surface area contributed by atoms with Gasteiger partial charge in [0.2, 0.25) is 5.95 Å². The number of nitrogens with one attached hydrogen (secondary N) is 2. The highest BCUT2D eigenvalue weighted by Crippen LogP contribution is 2.29. The number of para-hydroxylation sites is 1. The van der Waals surface area contributed by atoms with Crippen molar-refractivity contribution in [3.8, 4) is 0 Å². The fourth-order valence-corrected chi connectivity index (χ4v) is 5.02. The first-order valence-corrected chi connectivity index (χ1v) is 12.0. The van der Waals surface area contributed by atoms with Gasteiger partial charge in [-0.25, -0.2) is 4.98 Å². The van der Waals surface area contributed by atoms with Crippen molar-refractivity contribution in [2.75, 3.05) is 30.9 Å². The van der Waals surface area contributed by atoms with Crippen molar-refractivity contribution in [2.24, 2.45) is 5.92 Å². The Kier molecular flexibility index (Phi) is 7.26. The van der Waals surface area contributed by atoms with E-state index >= 15 is 0 Å². The zero-order chi connectivity index (χ0) is 24.2. The second-order valence-electron chi connectivity index (χ2n) is 9.61. The van der Waals surface area contributed by atoms with Crippen LogP contribution in [-0.2, 0) is 6.54 Å². The van der Waals surface area contributed by atoms with Crippen LogP contribution in [0.2, 0.25) is 0 Å². The molecule has 1 saturated carbocycles. The number of nitro groups is 1. The van der Waals surface area contributed by atoms with E-state index in [0.717, 1.165) is 72.2 Å². The van der Waals surface area contributed by atoms with Crippen LogP contribution >= 0.6 is 0 Å². The zero-order valence-electron chi connectivity index (χ0n) is 20.5. The van der Waals surface area contributed by atoms with Crippen LogP contribution in [-0.4, -0.2) is 41.6 Å². The van der Waals surface area contributed by atoms with E-state index in [9.17, 15) is 10.1 Å². The van der Waals surface area contributed by atoms with Gasteiger partial charge >= 0.3 is 0 Å². The van der Waals surface area contributed by atoms with Crippen LogP contribution in [0.4, 0.5) is 17.5 Å². The molecule has 0 amide bonds. The van der Waals surface area contributed by atoms with E-state index in [2.05, 4.69) is 16.7 Å². The quantitative estimate of drug-likeness (QED) is 0.360. The number of rotatable bonds is 8. The largest absolute Gasteiger partial charge is 0.362 e. The molecule has 2 aromatic carbocycles. The van der Waals surface area contributed by atoms with Crippen molar-refractivity contribution < 1.29 is 4.92 Å². The molecule has 2 N–H and O–H groups in total. The Balaban J connectivity index is 1.29. The Bertz CT molecular complexity index is 1150. The number of benzene rings is 2. The van der Waals surface area contributed by atoms with Gasteiger partial charge in [-0.3, -0.25) is 10.1 Å². The summed E-state index contributed by atoms with van der Waals surface area (Å²) in [6.07, 6.45) is 4.49. The van der Waals surface area contributed by atoms with Gasteiger partial charge in [-0.1, -0.05) is 12.1 Å². The molecule has 0 saturated heterocycles. The average Bonchev–Trinajstić information content (AvgIpc) is 2.79. The molecule has 1 aliphatic carbocycles. The highest BCUT2D eigenvalue weighted by molar-refractivity contribution is 5.90. The predicted molar refractivity (Wildman–Crippen MR) is 138 cm³/mol. The lowest BCUT2D eigenvalue weighted by molar-refractivity contribution is -0.386. The first-order valence-electron chi connectivity index (χ1n) is 12.0. The summed E-state index contributed by atoms with van der Waals surface area (Å²) in [5.41, 5.74) is 3.73. The first kappa shape index (κ1) is 23.9. The topological polar surface area (TPSA) is 96.2 Å². The van der Waals surface area contributed by atoms with E-state index < -0.39 is 0 Å². The van der Waals surface area contributed by atoms with Crippen molar-refractivity contribution in [2.45, 2.75) is 52.1 Å². The third kappa shape index (κ3) is 5.44. The molecule has 0 spiro atoms. The molecule has 1 fully saturated rings. The maximum absolute atomic E-state index is 11.2. The summed E-state index contributed by atoms with van der Waals surface area (Å²) < 4.78 is 0. The second-order valence-corrected chi connectivity index (χ2v) is 9.61. The molecule has 34 heavy (non-hydrogen) atoms.